The average molecular weight is 312 g/mol. The molecule has 1 aliphatic carbocycles. The van der Waals surface area contributed by atoms with Crippen LogP contribution < -0.4 is 5.32 Å². The molecule has 3 nitrogen and oxygen atoms in total. The van der Waals surface area contributed by atoms with Gasteiger partial charge in [0.2, 0.25) is 0 Å². The molecule has 1 aromatic heterocycles. The molecule has 1 aromatic carbocycles. The van der Waals surface area contributed by atoms with E-state index >= 15 is 0 Å². The number of nitrogens with zero attached hydrogens (tertiary/aromatic N) is 2. The van der Waals surface area contributed by atoms with Crippen molar-refractivity contribution in [3.63, 3.8) is 0 Å². The highest BCUT2D eigenvalue weighted by atomic mass is 35.5. The summed E-state index contributed by atoms with van der Waals surface area (Å²) in [5.74, 6) is 0.306. The first-order valence-electron chi connectivity index (χ1n) is 6.65. The zero-order chi connectivity index (χ0) is 14.1. The van der Waals surface area contributed by atoms with Gasteiger partial charge in [0.05, 0.1) is 10.6 Å². The minimum Gasteiger partial charge on any atom is -0.305 e. The lowest BCUT2D eigenvalue weighted by Crippen LogP contribution is -2.19. The molecular formula is C14H15ClFN3S. The zero-order valence-electron chi connectivity index (χ0n) is 11.1. The van der Waals surface area contributed by atoms with Crippen molar-refractivity contribution in [2.75, 3.05) is 0 Å². The van der Waals surface area contributed by atoms with Crippen molar-refractivity contribution >= 4 is 23.1 Å². The van der Waals surface area contributed by atoms with Crippen molar-refractivity contribution in [2.45, 2.75) is 38.3 Å². The standard InChI is InChI=1S/C14H15ClFN3S/c1-8(13-10(15)3-2-4-11(13)16)17-7-12-14(9-5-6-9)18-19-20-12/h2-4,8-9,17H,5-7H2,1H3/t8-/m1/s1. The number of halogens is 2. The summed E-state index contributed by atoms with van der Waals surface area (Å²) < 4.78 is 17.9. The van der Waals surface area contributed by atoms with Gasteiger partial charge >= 0.3 is 0 Å². The summed E-state index contributed by atoms with van der Waals surface area (Å²) in [5, 5.41) is 7.96. The Morgan fingerprint density at radius 2 is 2.30 bits per heavy atom. The molecule has 0 radical (unpaired) electrons. The molecule has 20 heavy (non-hydrogen) atoms. The first-order chi connectivity index (χ1) is 9.66. The van der Waals surface area contributed by atoms with Crippen LogP contribution in [0.2, 0.25) is 5.02 Å². The molecule has 0 unspecified atom stereocenters. The zero-order valence-corrected chi connectivity index (χ0v) is 12.6. The van der Waals surface area contributed by atoms with E-state index in [0.717, 1.165) is 10.6 Å². The molecule has 1 heterocycles. The van der Waals surface area contributed by atoms with Crippen LogP contribution in [0.4, 0.5) is 4.39 Å². The van der Waals surface area contributed by atoms with Crippen LogP contribution in [-0.2, 0) is 6.54 Å². The van der Waals surface area contributed by atoms with Gasteiger partial charge in [-0.25, -0.2) is 4.39 Å². The topological polar surface area (TPSA) is 37.8 Å². The molecular weight excluding hydrogens is 297 g/mol. The fourth-order valence-corrected chi connectivity index (χ4v) is 3.28. The molecule has 1 N–H and O–H groups in total. The third-order valence-electron chi connectivity index (χ3n) is 3.55. The summed E-state index contributed by atoms with van der Waals surface area (Å²) in [4.78, 5) is 1.15. The van der Waals surface area contributed by atoms with E-state index in [-0.39, 0.29) is 11.9 Å². The van der Waals surface area contributed by atoms with E-state index in [9.17, 15) is 4.39 Å². The molecule has 1 aliphatic rings. The Morgan fingerprint density at radius 3 is 3.00 bits per heavy atom. The van der Waals surface area contributed by atoms with Crippen molar-refractivity contribution in [3.05, 3.63) is 45.2 Å². The second-order valence-electron chi connectivity index (χ2n) is 5.09. The first kappa shape index (κ1) is 13.9. The monoisotopic (exact) mass is 311 g/mol. The van der Waals surface area contributed by atoms with Crippen LogP contribution in [0, 0.1) is 5.82 Å². The van der Waals surface area contributed by atoms with Gasteiger partial charge in [-0.1, -0.05) is 22.2 Å². The van der Waals surface area contributed by atoms with Gasteiger partial charge in [0.15, 0.2) is 0 Å². The molecule has 0 aliphatic heterocycles. The van der Waals surface area contributed by atoms with E-state index in [0.29, 0.717) is 23.0 Å². The summed E-state index contributed by atoms with van der Waals surface area (Å²) in [6.45, 7) is 2.56. The van der Waals surface area contributed by atoms with Crippen molar-refractivity contribution < 1.29 is 4.39 Å². The van der Waals surface area contributed by atoms with Crippen LogP contribution in [0.5, 0.6) is 0 Å². The van der Waals surface area contributed by atoms with Crippen LogP contribution in [-0.4, -0.2) is 9.59 Å². The number of hydrogen-bond acceptors (Lipinski definition) is 4. The maximum atomic E-state index is 13.8. The van der Waals surface area contributed by atoms with Gasteiger partial charge in [0.1, 0.15) is 5.82 Å². The minimum absolute atomic E-state index is 0.155. The third-order valence-corrected chi connectivity index (χ3v) is 4.62. The molecule has 106 valence electrons. The fourth-order valence-electron chi connectivity index (χ4n) is 2.28. The highest BCUT2D eigenvalue weighted by molar-refractivity contribution is 7.05. The van der Waals surface area contributed by atoms with E-state index in [4.69, 9.17) is 11.6 Å². The number of rotatable bonds is 5. The normalized spacial score (nSPS) is 16.4. The van der Waals surface area contributed by atoms with E-state index in [2.05, 4.69) is 14.9 Å². The fraction of sp³-hybridized carbons (Fsp3) is 0.429. The molecule has 0 spiro atoms. The van der Waals surface area contributed by atoms with Gasteiger partial charge in [-0.05, 0) is 43.4 Å². The minimum atomic E-state index is -0.276. The predicted octanol–water partition coefficient (Wildman–Crippen LogP) is 4.06. The largest absolute Gasteiger partial charge is 0.305 e. The Labute approximate surface area is 126 Å². The second-order valence-corrected chi connectivity index (χ2v) is 6.34. The Morgan fingerprint density at radius 1 is 1.50 bits per heavy atom. The summed E-state index contributed by atoms with van der Waals surface area (Å²) in [7, 11) is 0. The summed E-state index contributed by atoms with van der Waals surface area (Å²) in [5.41, 5.74) is 1.62. The van der Waals surface area contributed by atoms with Crippen LogP contribution in [0.25, 0.3) is 0 Å². The molecule has 1 fully saturated rings. The third kappa shape index (κ3) is 2.85. The lowest BCUT2D eigenvalue weighted by molar-refractivity contribution is 0.529. The van der Waals surface area contributed by atoms with Crippen LogP contribution in [0.15, 0.2) is 18.2 Å². The Bertz CT molecular complexity index is 592. The lowest BCUT2D eigenvalue weighted by atomic mass is 10.1. The molecule has 1 atom stereocenters. The number of benzene rings is 1. The molecule has 6 heteroatoms. The van der Waals surface area contributed by atoms with Crippen LogP contribution in [0.1, 0.15) is 47.9 Å². The molecule has 2 aromatic rings. The van der Waals surface area contributed by atoms with Crippen molar-refractivity contribution in [3.8, 4) is 0 Å². The van der Waals surface area contributed by atoms with Crippen LogP contribution >= 0.6 is 23.1 Å². The van der Waals surface area contributed by atoms with Gasteiger partial charge in [0.25, 0.3) is 0 Å². The molecule has 0 bridgehead atoms. The number of aromatic nitrogens is 2. The summed E-state index contributed by atoms with van der Waals surface area (Å²) >= 11 is 7.49. The number of nitrogens with one attached hydrogen (secondary N) is 1. The summed E-state index contributed by atoms with van der Waals surface area (Å²) in [6.07, 6.45) is 2.40. The predicted molar refractivity (Wildman–Crippen MR) is 78.5 cm³/mol. The maximum absolute atomic E-state index is 13.8. The Hall–Kier alpha value is -1.04. The maximum Gasteiger partial charge on any atom is 0.129 e. The van der Waals surface area contributed by atoms with E-state index in [1.165, 1.54) is 30.4 Å². The Kier molecular flexibility index (Phi) is 4.01. The van der Waals surface area contributed by atoms with E-state index in [1.54, 1.807) is 12.1 Å². The second kappa shape index (κ2) is 5.76. The quantitative estimate of drug-likeness (QED) is 0.905. The van der Waals surface area contributed by atoms with Gasteiger partial charge < -0.3 is 5.32 Å². The molecule has 0 saturated heterocycles. The van der Waals surface area contributed by atoms with E-state index < -0.39 is 0 Å². The molecule has 1 saturated carbocycles. The van der Waals surface area contributed by atoms with Gasteiger partial charge in [-0.3, -0.25) is 0 Å². The van der Waals surface area contributed by atoms with Gasteiger partial charge in [-0.15, -0.1) is 5.10 Å². The SMILES string of the molecule is C[C@@H](NCc1snnc1C1CC1)c1c(F)cccc1Cl. The molecule has 3 rings (SSSR count). The van der Waals surface area contributed by atoms with Crippen molar-refractivity contribution in [2.24, 2.45) is 0 Å². The highest BCUT2D eigenvalue weighted by Gasteiger charge is 2.29. The first-order valence-corrected chi connectivity index (χ1v) is 7.80. The highest BCUT2D eigenvalue weighted by Crippen LogP contribution is 2.41. The van der Waals surface area contributed by atoms with Crippen LogP contribution in [0.3, 0.4) is 0 Å². The van der Waals surface area contributed by atoms with Gasteiger partial charge in [-0.2, -0.15) is 0 Å². The van der Waals surface area contributed by atoms with Crippen molar-refractivity contribution in [1.29, 1.82) is 0 Å². The van der Waals surface area contributed by atoms with E-state index in [1.807, 2.05) is 6.92 Å². The average Bonchev–Trinajstić information content (AvgIpc) is 3.15. The van der Waals surface area contributed by atoms with Gasteiger partial charge in [0, 0.05) is 29.1 Å². The lowest BCUT2D eigenvalue weighted by Gasteiger charge is -2.16. The Balaban J connectivity index is 1.70. The summed E-state index contributed by atoms with van der Waals surface area (Å²) in [6, 6.07) is 4.61. The molecule has 0 amide bonds. The smallest absolute Gasteiger partial charge is 0.129 e. The van der Waals surface area contributed by atoms with Crippen molar-refractivity contribution in [1.82, 2.24) is 14.9 Å². The number of hydrogen-bond donors (Lipinski definition) is 1.